The molecule has 0 aromatic heterocycles. The zero-order valence-electron chi connectivity index (χ0n) is 13.0. The topological polar surface area (TPSA) is 111 Å². The molecule has 0 amide bonds. The number of azide groups is 1. The number of ether oxygens (including phenoxy) is 3. The zero-order chi connectivity index (χ0) is 17.1. The quantitative estimate of drug-likeness (QED) is 0.300. The molecule has 23 heavy (non-hydrogen) atoms. The number of carbonyl (C=O) groups is 2. The highest BCUT2D eigenvalue weighted by molar-refractivity contribution is 5.66. The second-order valence-corrected chi connectivity index (χ2v) is 4.72. The summed E-state index contributed by atoms with van der Waals surface area (Å²) in [7, 11) is 0. The van der Waals surface area contributed by atoms with Gasteiger partial charge in [0, 0.05) is 18.8 Å². The van der Waals surface area contributed by atoms with Crippen molar-refractivity contribution in [3.8, 4) is 0 Å². The Morgan fingerprint density at radius 2 is 1.87 bits per heavy atom. The molecule has 0 N–H and O–H groups in total. The Balaban J connectivity index is 2.65. The van der Waals surface area contributed by atoms with Gasteiger partial charge in [0.25, 0.3) is 0 Å². The third-order valence-corrected chi connectivity index (χ3v) is 2.80. The molecule has 0 aliphatic carbocycles. The van der Waals surface area contributed by atoms with Crippen molar-refractivity contribution in [2.75, 3.05) is 13.2 Å². The van der Waals surface area contributed by atoms with Gasteiger partial charge in [0.05, 0.1) is 13.2 Å². The molecular formula is C15H19N3O5. The molecule has 124 valence electrons. The molecule has 8 nitrogen and oxygen atoms in total. The van der Waals surface area contributed by atoms with Crippen molar-refractivity contribution in [2.24, 2.45) is 5.11 Å². The number of nitrogens with zero attached hydrogens (tertiary/aromatic N) is 3. The molecule has 1 aromatic carbocycles. The van der Waals surface area contributed by atoms with E-state index in [0.717, 1.165) is 5.56 Å². The molecule has 1 rings (SSSR count). The van der Waals surface area contributed by atoms with Gasteiger partial charge in [-0.15, -0.1) is 0 Å². The maximum atomic E-state index is 11.2. The Morgan fingerprint density at radius 1 is 1.17 bits per heavy atom. The lowest BCUT2D eigenvalue weighted by Crippen LogP contribution is -2.37. The highest BCUT2D eigenvalue weighted by Gasteiger charge is 2.25. The van der Waals surface area contributed by atoms with Gasteiger partial charge in [0.15, 0.2) is 0 Å². The Morgan fingerprint density at radius 3 is 2.43 bits per heavy atom. The Kier molecular flexibility index (Phi) is 8.20. The SMILES string of the molecule is CC(=O)OC[C@@H](N=[N+]=[N-])[C@H](COCc1ccccc1)OC(C)=O. The minimum absolute atomic E-state index is 0.0133. The van der Waals surface area contributed by atoms with E-state index in [1.165, 1.54) is 13.8 Å². The molecule has 0 aliphatic rings. The molecule has 0 radical (unpaired) electrons. The van der Waals surface area contributed by atoms with Crippen LogP contribution in [0.4, 0.5) is 0 Å². The van der Waals surface area contributed by atoms with Gasteiger partial charge in [0.1, 0.15) is 18.8 Å². The van der Waals surface area contributed by atoms with Crippen LogP contribution in [0.15, 0.2) is 35.4 Å². The van der Waals surface area contributed by atoms with Crippen LogP contribution in [-0.4, -0.2) is 37.3 Å². The smallest absolute Gasteiger partial charge is 0.302 e. The number of hydrogen-bond acceptors (Lipinski definition) is 6. The van der Waals surface area contributed by atoms with Crippen LogP contribution in [0, 0.1) is 0 Å². The molecule has 0 saturated heterocycles. The normalized spacial score (nSPS) is 12.6. The lowest BCUT2D eigenvalue weighted by Gasteiger charge is -2.22. The fourth-order valence-corrected chi connectivity index (χ4v) is 1.79. The summed E-state index contributed by atoms with van der Waals surface area (Å²) in [6.45, 7) is 2.61. The molecule has 2 atom stereocenters. The second-order valence-electron chi connectivity index (χ2n) is 4.72. The van der Waals surface area contributed by atoms with Crippen LogP contribution in [0.25, 0.3) is 10.4 Å². The first-order valence-corrected chi connectivity index (χ1v) is 6.99. The van der Waals surface area contributed by atoms with Gasteiger partial charge < -0.3 is 14.2 Å². The van der Waals surface area contributed by atoms with E-state index in [2.05, 4.69) is 10.0 Å². The van der Waals surface area contributed by atoms with Gasteiger partial charge in [-0.2, -0.15) is 0 Å². The molecule has 0 aliphatic heterocycles. The lowest BCUT2D eigenvalue weighted by atomic mass is 10.2. The summed E-state index contributed by atoms with van der Waals surface area (Å²) in [6.07, 6.45) is -0.841. The average molecular weight is 321 g/mol. The van der Waals surface area contributed by atoms with Crippen LogP contribution in [0.2, 0.25) is 0 Å². The molecule has 0 unspecified atom stereocenters. The van der Waals surface area contributed by atoms with E-state index in [1.807, 2.05) is 30.3 Å². The monoisotopic (exact) mass is 321 g/mol. The maximum absolute atomic E-state index is 11.2. The maximum Gasteiger partial charge on any atom is 0.302 e. The Labute approximate surface area is 134 Å². The number of esters is 2. The summed E-state index contributed by atoms with van der Waals surface area (Å²) in [6, 6.07) is 8.58. The van der Waals surface area contributed by atoms with Crippen molar-refractivity contribution in [3.05, 3.63) is 46.3 Å². The predicted octanol–water partition coefficient (Wildman–Crippen LogP) is 2.38. The molecule has 0 saturated carbocycles. The van der Waals surface area contributed by atoms with E-state index in [-0.39, 0.29) is 13.2 Å². The van der Waals surface area contributed by atoms with Gasteiger partial charge >= 0.3 is 11.9 Å². The molecular weight excluding hydrogens is 302 g/mol. The van der Waals surface area contributed by atoms with Crippen LogP contribution in [0.1, 0.15) is 19.4 Å². The van der Waals surface area contributed by atoms with Crippen molar-refractivity contribution in [2.45, 2.75) is 32.6 Å². The summed E-state index contributed by atoms with van der Waals surface area (Å²) < 4.78 is 15.5. The van der Waals surface area contributed by atoms with Crippen molar-refractivity contribution < 1.29 is 23.8 Å². The first kappa shape index (κ1) is 18.5. The van der Waals surface area contributed by atoms with Gasteiger partial charge in [-0.3, -0.25) is 9.59 Å². The van der Waals surface area contributed by atoms with Crippen LogP contribution in [-0.2, 0) is 30.4 Å². The Hall–Kier alpha value is -2.57. The summed E-state index contributed by atoms with van der Waals surface area (Å²) in [4.78, 5) is 24.8. The standard InChI is InChI=1S/C15H19N3O5/c1-11(19)22-9-14(17-18-16)15(23-12(2)20)10-21-8-13-6-4-3-5-7-13/h3-7,14-15H,8-10H2,1-2H3/t14-,15+/m1/s1. The van der Waals surface area contributed by atoms with Crippen molar-refractivity contribution in [1.82, 2.24) is 0 Å². The molecule has 0 bridgehead atoms. The summed E-state index contributed by atoms with van der Waals surface area (Å²) >= 11 is 0. The minimum atomic E-state index is -0.858. The summed E-state index contributed by atoms with van der Waals surface area (Å²) in [5.74, 6) is -1.06. The number of rotatable bonds is 9. The van der Waals surface area contributed by atoms with Gasteiger partial charge in [0.2, 0.25) is 0 Å². The molecule has 1 aromatic rings. The minimum Gasteiger partial charge on any atom is -0.465 e. The lowest BCUT2D eigenvalue weighted by molar-refractivity contribution is -0.153. The predicted molar refractivity (Wildman–Crippen MR) is 81.2 cm³/mol. The Bertz CT molecular complexity index is 557. The molecule has 0 spiro atoms. The number of benzene rings is 1. The van der Waals surface area contributed by atoms with Gasteiger partial charge in [-0.1, -0.05) is 35.4 Å². The van der Waals surface area contributed by atoms with E-state index in [0.29, 0.717) is 6.61 Å². The van der Waals surface area contributed by atoms with Crippen molar-refractivity contribution in [1.29, 1.82) is 0 Å². The zero-order valence-corrected chi connectivity index (χ0v) is 13.0. The van der Waals surface area contributed by atoms with Crippen molar-refractivity contribution in [3.63, 3.8) is 0 Å². The third kappa shape index (κ3) is 7.85. The van der Waals surface area contributed by atoms with Crippen LogP contribution in [0.5, 0.6) is 0 Å². The van der Waals surface area contributed by atoms with E-state index in [4.69, 9.17) is 19.7 Å². The van der Waals surface area contributed by atoms with E-state index in [1.54, 1.807) is 0 Å². The van der Waals surface area contributed by atoms with E-state index >= 15 is 0 Å². The third-order valence-electron chi connectivity index (χ3n) is 2.80. The molecule has 0 fully saturated rings. The fraction of sp³-hybridized carbons (Fsp3) is 0.467. The van der Waals surface area contributed by atoms with Gasteiger partial charge in [-0.05, 0) is 11.1 Å². The summed E-state index contributed by atoms with van der Waals surface area (Å²) in [5.41, 5.74) is 9.58. The van der Waals surface area contributed by atoms with Crippen molar-refractivity contribution >= 4 is 11.9 Å². The van der Waals surface area contributed by atoms with E-state index < -0.39 is 24.1 Å². The second kappa shape index (κ2) is 10.2. The highest BCUT2D eigenvalue weighted by atomic mass is 16.6. The molecule has 0 heterocycles. The number of hydrogen-bond donors (Lipinski definition) is 0. The van der Waals surface area contributed by atoms with E-state index in [9.17, 15) is 9.59 Å². The van der Waals surface area contributed by atoms with Crippen LogP contribution < -0.4 is 0 Å². The summed E-state index contributed by atoms with van der Waals surface area (Å²) in [5, 5.41) is 3.52. The fourth-order valence-electron chi connectivity index (χ4n) is 1.79. The number of carbonyl (C=O) groups excluding carboxylic acids is 2. The largest absolute Gasteiger partial charge is 0.465 e. The first-order valence-electron chi connectivity index (χ1n) is 6.99. The van der Waals surface area contributed by atoms with Crippen LogP contribution in [0.3, 0.4) is 0 Å². The first-order chi connectivity index (χ1) is 11.0. The average Bonchev–Trinajstić information content (AvgIpc) is 2.51. The highest BCUT2D eigenvalue weighted by Crippen LogP contribution is 2.10. The van der Waals surface area contributed by atoms with Gasteiger partial charge in [-0.25, -0.2) is 0 Å². The molecule has 8 heteroatoms. The van der Waals surface area contributed by atoms with Crippen LogP contribution >= 0.6 is 0 Å².